The summed E-state index contributed by atoms with van der Waals surface area (Å²) in [6, 6.07) is 12.7. The van der Waals surface area contributed by atoms with Crippen molar-refractivity contribution in [3.8, 4) is 23.1 Å². The average molecular weight is 433 g/mol. The summed E-state index contributed by atoms with van der Waals surface area (Å²) in [6.45, 7) is 4.69. The lowest BCUT2D eigenvalue weighted by Gasteiger charge is -2.13. The van der Waals surface area contributed by atoms with Crippen molar-refractivity contribution < 1.29 is 14.2 Å². The second-order valence-electron chi connectivity index (χ2n) is 8.26. The first kappa shape index (κ1) is 20.8. The maximum absolute atomic E-state index is 5.98. The number of aryl methyl sites for hydroxylation is 1. The fourth-order valence-corrected chi connectivity index (χ4v) is 4.05. The molecule has 3 aromatic rings. The largest absolute Gasteiger partial charge is 0.461 e. The van der Waals surface area contributed by atoms with Crippen LogP contribution >= 0.6 is 0 Å². The molecule has 0 radical (unpaired) electrons. The first-order valence-corrected chi connectivity index (χ1v) is 11.3. The number of hydrogen-bond donors (Lipinski definition) is 0. The molecular formula is C25H28N4O3. The van der Waals surface area contributed by atoms with E-state index in [2.05, 4.69) is 36.2 Å². The molecule has 1 unspecified atom stereocenters. The van der Waals surface area contributed by atoms with Crippen molar-refractivity contribution in [3.05, 3.63) is 59.9 Å². The molecule has 1 saturated heterocycles. The van der Waals surface area contributed by atoms with Gasteiger partial charge in [-0.3, -0.25) is 0 Å². The summed E-state index contributed by atoms with van der Waals surface area (Å²) >= 11 is 0. The molecule has 2 aromatic heterocycles. The van der Waals surface area contributed by atoms with Gasteiger partial charge in [0.2, 0.25) is 0 Å². The Kier molecular flexibility index (Phi) is 6.27. The molecule has 0 spiro atoms. The van der Waals surface area contributed by atoms with Gasteiger partial charge in [0.15, 0.2) is 5.82 Å². The monoisotopic (exact) mass is 432 g/mol. The van der Waals surface area contributed by atoms with Gasteiger partial charge in [-0.15, -0.1) is 0 Å². The first-order valence-electron chi connectivity index (χ1n) is 11.3. The molecular weight excluding hydrogens is 404 g/mol. The Balaban J connectivity index is 1.46. The number of ether oxygens (including phenoxy) is 3. The van der Waals surface area contributed by atoms with E-state index in [9.17, 15) is 0 Å². The molecule has 7 nitrogen and oxygen atoms in total. The smallest absolute Gasteiger partial charge is 0.319 e. The summed E-state index contributed by atoms with van der Waals surface area (Å²) in [5, 5.41) is 4.78. The Morgan fingerprint density at radius 2 is 2.06 bits per heavy atom. The molecule has 4 heterocycles. The van der Waals surface area contributed by atoms with Crippen LogP contribution < -0.4 is 4.74 Å². The van der Waals surface area contributed by atoms with Gasteiger partial charge in [-0.25, -0.2) is 4.68 Å². The van der Waals surface area contributed by atoms with Crippen molar-refractivity contribution in [1.29, 1.82) is 0 Å². The zero-order chi connectivity index (χ0) is 21.8. The first-order chi connectivity index (χ1) is 15.7. The third kappa shape index (κ3) is 4.89. The summed E-state index contributed by atoms with van der Waals surface area (Å²) in [5.74, 6) is 0.683. The number of nitrogens with zero attached hydrogens (tertiary/aromatic N) is 4. The minimum Gasteiger partial charge on any atom is -0.461 e. The molecule has 1 aromatic carbocycles. The summed E-state index contributed by atoms with van der Waals surface area (Å²) in [4.78, 5) is 9.37. The average Bonchev–Trinajstić information content (AvgIpc) is 3.45. The molecule has 7 heteroatoms. The quantitative estimate of drug-likeness (QED) is 0.575. The van der Waals surface area contributed by atoms with Gasteiger partial charge in [0.1, 0.15) is 6.61 Å². The highest BCUT2D eigenvalue weighted by molar-refractivity contribution is 5.64. The predicted octanol–water partition coefficient (Wildman–Crippen LogP) is 4.39. The van der Waals surface area contributed by atoms with Gasteiger partial charge in [-0.1, -0.05) is 29.8 Å². The second kappa shape index (κ2) is 9.63. The molecule has 0 N–H and O–H groups in total. The van der Waals surface area contributed by atoms with Crippen molar-refractivity contribution in [2.45, 2.75) is 38.7 Å². The summed E-state index contributed by atoms with van der Waals surface area (Å²) in [6.07, 6.45) is 8.10. The Morgan fingerprint density at radius 1 is 1.09 bits per heavy atom. The minimum absolute atomic E-state index is 0.105. The van der Waals surface area contributed by atoms with Crippen LogP contribution in [0.5, 0.6) is 6.01 Å². The molecule has 0 saturated carbocycles. The molecule has 166 valence electrons. The molecule has 2 aliphatic heterocycles. The van der Waals surface area contributed by atoms with Crippen LogP contribution in [0.3, 0.4) is 0 Å². The molecule has 1 fully saturated rings. The number of benzene rings is 1. The van der Waals surface area contributed by atoms with E-state index in [4.69, 9.17) is 24.3 Å². The zero-order valence-corrected chi connectivity index (χ0v) is 18.4. The van der Waals surface area contributed by atoms with Crippen LogP contribution in [-0.4, -0.2) is 52.3 Å². The number of aromatic nitrogens is 4. The lowest BCUT2D eigenvalue weighted by molar-refractivity contribution is 0.0645. The SMILES string of the molecule is Cc1cccc(-c2ccn(-c3cc(C4=CCOCCC4)nc(OCC4CCCO4)n3)n2)c1. The van der Waals surface area contributed by atoms with E-state index in [0.29, 0.717) is 25.0 Å². The van der Waals surface area contributed by atoms with Crippen LogP contribution in [0.4, 0.5) is 0 Å². The topological polar surface area (TPSA) is 71.3 Å². The zero-order valence-electron chi connectivity index (χ0n) is 18.4. The summed E-state index contributed by atoms with van der Waals surface area (Å²) in [7, 11) is 0. The highest BCUT2D eigenvalue weighted by Crippen LogP contribution is 2.25. The maximum Gasteiger partial charge on any atom is 0.319 e. The van der Waals surface area contributed by atoms with Crippen LogP contribution in [0, 0.1) is 6.92 Å². The molecule has 0 bridgehead atoms. The summed E-state index contributed by atoms with van der Waals surface area (Å²) < 4.78 is 19.0. The van der Waals surface area contributed by atoms with Crippen LogP contribution in [-0.2, 0) is 9.47 Å². The van der Waals surface area contributed by atoms with Crippen molar-refractivity contribution in [2.75, 3.05) is 26.4 Å². The predicted molar refractivity (Wildman–Crippen MR) is 122 cm³/mol. The highest BCUT2D eigenvalue weighted by atomic mass is 16.5. The number of rotatable bonds is 6. The van der Waals surface area contributed by atoms with Gasteiger partial charge < -0.3 is 14.2 Å². The third-order valence-electron chi connectivity index (χ3n) is 5.76. The third-order valence-corrected chi connectivity index (χ3v) is 5.76. The second-order valence-corrected chi connectivity index (χ2v) is 8.26. The Labute approximate surface area is 188 Å². The maximum atomic E-state index is 5.98. The Morgan fingerprint density at radius 3 is 2.94 bits per heavy atom. The van der Waals surface area contributed by atoms with Crippen molar-refractivity contribution in [3.63, 3.8) is 0 Å². The molecule has 1 atom stereocenters. The normalized spacial score (nSPS) is 18.9. The van der Waals surface area contributed by atoms with Crippen LogP contribution in [0.2, 0.25) is 0 Å². The van der Waals surface area contributed by atoms with Crippen LogP contribution in [0.25, 0.3) is 22.6 Å². The summed E-state index contributed by atoms with van der Waals surface area (Å²) in [5.41, 5.74) is 5.19. The van der Waals surface area contributed by atoms with Crippen LogP contribution in [0.15, 0.2) is 48.7 Å². The number of hydrogen-bond acceptors (Lipinski definition) is 6. The number of allylic oxidation sites excluding steroid dienone is 1. The van der Waals surface area contributed by atoms with Gasteiger partial charge in [0, 0.05) is 31.0 Å². The fraction of sp³-hybridized carbons (Fsp3) is 0.400. The van der Waals surface area contributed by atoms with E-state index in [0.717, 1.165) is 61.4 Å². The Bertz CT molecular complexity index is 1100. The molecule has 32 heavy (non-hydrogen) atoms. The van der Waals surface area contributed by atoms with Crippen molar-refractivity contribution in [1.82, 2.24) is 19.7 Å². The Hall–Kier alpha value is -3.03. The van der Waals surface area contributed by atoms with E-state index < -0.39 is 0 Å². The van der Waals surface area contributed by atoms with Gasteiger partial charge in [0.05, 0.1) is 24.1 Å². The minimum atomic E-state index is 0.105. The van der Waals surface area contributed by atoms with Gasteiger partial charge in [-0.05, 0) is 50.3 Å². The van der Waals surface area contributed by atoms with E-state index in [1.165, 1.54) is 5.56 Å². The van der Waals surface area contributed by atoms with Crippen molar-refractivity contribution in [2.24, 2.45) is 0 Å². The highest BCUT2D eigenvalue weighted by Gasteiger charge is 2.18. The fourth-order valence-electron chi connectivity index (χ4n) is 4.05. The van der Waals surface area contributed by atoms with E-state index in [-0.39, 0.29) is 6.10 Å². The lowest BCUT2D eigenvalue weighted by Crippen LogP contribution is -2.18. The van der Waals surface area contributed by atoms with Gasteiger partial charge in [0.25, 0.3) is 0 Å². The standard InChI is InChI=1S/C25H28N4O3/c1-18-5-2-6-20(15-18)22-9-11-29(28-22)24-16-23(19-7-3-12-30-14-10-19)26-25(27-24)32-17-21-8-4-13-31-21/h2,5-6,9-11,15-16,21H,3-4,7-8,12-14,17H2,1H3. The van der Waals surface area contributed by atoms with E-state index in [1.54, 1.807) is 4.68 Å². The molecule has 2 aliphatic rings. The van der Waals surface area contributed by atoms with Gasteiger partial charge in [-0.2, -0.15) is 15.1 Å². The van der Waals surface area contributed by atoms with Crippen LogP contribution in [0.1, 0.15) is 36.9 Å². The molecule has 0 amide bonds. The lowest BCUT2D eigenvalue weighted by atomic mass is 10.1. The van der Waals surface area contributed by atoms with Crippen molar-refractivity contribution >= 4 is 5.57 Å². The van der Waals surface area contributed by atoms with Gasteiger partial charge >= 0.3 is 6.01 Å². The molecule has 0 aliphatic carbocycles. The molecule has 5 rings (SSSR count). The van der Waals surface area contributed by atoms with E-state index in [1.807, 2.05) is 24.4 Å². The van der Waals surface area contributed by atoms with E-state index >= 15 is 0 Å².